The molecular formula is C11H11BrF4O. The third-order valence-electron chi connectivity index (χ3n) is 2.23. The molecule has 0 amide bonds. The monoisotopic (exact) mass is 314 g/mol. The zero-order chi connectivity index (χ0) is 13.1. The molecule has 1 nitrogen and oxygen atoms in total. The second-order valence-electron chi connectivity index (χ2n) is 3.51. The van der Waals surface area contributed by atoms with Crippen molar-refractivity contribution in [2.45, 2.75) is 23.8 Å². The van der Waals surface area contributed by atoms with Gasteiger partial charge in [-0.15, -0.1) is 0 Å². The van der Waals surface area contributed by atoms with Gasteiger partial charge in [0.15, 0.2) is 0 Å². The Hall–Kier alpha value is -0.780. The van der Waals surface area contributed by atoms with E-state index in [4.69, 9.17) is 4.74 Å². The van der Waals surface area contributed by atoms with E-state index in [9.17, 15) is 17.6 Å². The molecule has 0 radical (unpaired) electrons. The van der Waals surface area contributed by atoms with Gasteiger partial charge in [0.05, 0.1) is 7.11 Å². The van der Waals surface area contributed by atoms with Gasteiger partial charge in [0, 0.05) is 22.9 Å². The van der Waals surface area contributed by atoms with E-state index in [1.807, 2.05) is 0 Å². The van der Waals surface area contributed by atoms with Crippen LogP contribution in [0.2, 0.25) is 0 Å². The Morgan fingerprint density at radius 3 is 2.47 bits per heavy atom. The maximum Gasteiger partial charge on any atom is 0.389 e. The largest absolute Gasteiger partial charge is 0.497 e. The smallest absolute Gasteiger partial charge is 0.389 e. The number of ether oxygens (including phenoxy) is 1. The first-order valence-corrected chi connectivity index (χ1v) is 5.79. The molecule has 0 aromatic heterocycles. The molecule has 17 heavy (non-hydrogen) atoms. The van der Waals surface area contributed by atoms with Gasteiger partial charge in [0.25, 0.3) is 0 Å². The van der Waals surface area contributed by atoms with E-state index in [1.54, 1.807) is 0 Å². The normalized spacial score (nSPS) is 13.5. The second kappa shape index (κ2) is 5.71. The van der Waals surface area contributed by atoms with Gasteiger partial charge in [-0.2, -0.15) is 13.2 Å². The number of methoxy groups -OCH3 is 1. The van der Waals surface area contributed by atoms with E-state index in [2.05, 4.69) is 15.9 Å². The zero-order valence-corrected chi connectivity index (χ0v) is 10.6. The standard InChI is InChI=1S/C11H11BrF4O/c1-17-7-2-3-8(10(13)6-7)9(12)4-5-11(14,15)16/h2-3,6,9H,4-5H2,1H3. The Balaban J connectivity index is 2.72. The number of benzene rings is 1. The van der Waals surface area contributed by atoms with Crippen molar-refractivity contribution in [2.75, 3.05) is 7.11 Å². The van der Waals surface area contributed by atoms with E-state index in [1.165, 1.54) is 19.2 Å². The van der Waals surface area contributed by atoms with Crippen LogP contribution in [-0.2, 0) is 0 Å². The summed E-state index contributed by atoms with van der Waals surface area (Å²) in [5.74, 6) is -0.241. The lowest BCUT2D eigenvalue weighted by Crippen LogP contribution is -2.08. The van der Waals surface area contributed by atoms with E-state index >= 15 is 0 Å². The molecular weight excluding hydrogens is 304 g/mol. The average molecular weight is 315 g/mol. The van der Waals surface area contributed by atoms with Gasteiger partial charge in [-0.1, -0.05) is 22.0 Å². The molecule has 1 rings (SSSR count). The van der Waals surface area contributed by atoms with Gasteiger partial charge in [-0.25, -0.2) is 4.39 Å². The van der Waals surface area contributed by atoms with Crippen LogP contribution in [0, 0.1) is 5.82 Å². The molecule has 0 saturated carbocycles. The molecule has 6 heteroatoms. The molecule has 0 aliphatic carbocycles. The lowest BCUT2D eigenvalue weighted by molar-refractivity contribution is -0.135. The van der Waals surface area contributed by atoms with Gasteiger partial charge in [0.1, 0.15) is 11.6 Å². The number of hydrogen-bond donors (Lipinski definition) is 0. The lowest BCUT2D eigenvalue weighted by Gasteiger charge is -2.13. The van der Waals surface area contributed by atoms with Crippen LogP contribution < -0.4 is 4.74 Å². The molecule has 96 valence electrons. The number of hydrogen-bond acceptors (Lipinski definition) is 1. The maximum atomic E-state index is 13.5. The topological polar surface area (TPSA) is 9.23 Å². The predicted octanol–water partition coefficient (Wildman–Crippen LogP) is 4.61. The third kappa shape index (κ3) is 4.53. The molecule has 0 spiro atoms. The van der Waals surface area contributed by atoms with Crippen LogP contribution in [0.25, 0.3) is 0 Å². The highest BCUT2D eigenvalue weighted by Crippen LogP contribution is 2.35. The summed E-state index contributed by atoms with van der Waals surface area (Å²) in [5.41, 5.74) is 0.204. The maximum absolute atomic E-state index is 13.5. The highest BCUT2D eigenvalue weighted by molar-refractivity contribution is 9.09. The molecule has 1 aromatic carbocycles. The van der Waals surface area contributed by atoms with Crippen LogP contribution in [0.4, 0.5) is 17.6 Å². The van der Waals surface area contributed by atoms with Crippen LogP contribution in [-0.4, -0.2) is 13.3 Å². The summed E-state index contributed by atoms with van der Waals surface area (Å²) in [4.78, 5) is -0.657. The van der Waals surface area contributed by atoms with Crippen molar-refractivity contribution >= 4 is 15.9 Å². The number of rotatable bonds is 4. The van der Waals surface area contributed by atoms with Crippen molar-refractivity contribution in [3.8, 4) is 5.75 Å². The number of alkyl halides is 4. The average Bonchev–Trinajstić information content (AvgIpc) is 2.24. The molecule has 0 N–H and O–H groups in total. The minimum absolute atomic E-state index is 0.202. The summed E-state index contributed by atoms with van der Waals surface area (Å²) in [6.45, 7) is 0. The zero-order valence-electron chi connectivity index (χ0n) is 9.02. The SMILES string of the molecule is COc1ccc(C(Br)CCC(F)(F)F)c(F)c1. The van der Waals surface area contributed by atoms with Crippen molar-refractivity contribution < 1.29 is 22.3 Å². The first-order valence-electron chi connectivity index (χ1n) is 4.88. The van der Waals surface area contributed by atoms with E-state index in [-0.39, 0.29) is 12.0 Å². The van der Waals surface area contributed by atoms with Crippen molar-refractivity contribution in [1.82, 2.24) is 0 Å². The first kappa shape index (κ1) is 14.3. The quantitative estimate of drug-likeness (QED) is 0.582. The predicted molar refractivity (Wildman–Crippen MR) is 59.9 cm³/mol. The van der Waals surface area contributed by atoms with Crippen LogP contribution in [0.5, 0.6) is 5.75 Å². The molecule has 0 saturated heterocycles. The summed E-state index contributed by atoms with van der Waals surface area (Å²) in [7, 11) is 1.39. The molecule has 0 heterocycles. The Kier molecular flexibility index (Phi) is 4.80. The summed E-state index contributed by atoms with van der Waals surface area (Å²) in [5, 5.41) is 0. The minimum atomic E-state index is -4.23. The van der Waals surface area contributed by atoms with Crippen molar-refractivity contribution in [3.63, 3.8) is 0 Å². The van der Waals surface area contributed by atoms with Crippen molar-refractivity contribution in [3.05, 3.63) is 29.6 Å². The van der Waals surface area contributed by atoms with Crippen molar-refractivity contribution in [1.29, 1.82) is 0 Å². The van der Waals surface area contributed by atoms with Gasteiger partial charge in [0.2, 0.25) is 0 Å². The summed E-state index contributed by atoms with van der Waals surface area (Å²) in [6, 6.07) is 4.08. The Morgan fingerprint density at radius 1 is 1.35 bits per heavy atom. The fraction of sp³-hybridized carbons (Fsp3) is 0.455. The molecule has 1 atom stereocenters. The summed E-state index contributed by atoms with van der Waals surface area (Å²) in [6.07, 6.45) is -5.38. The molecule has 0 fully saturated rings. The fourth-order valence-electron chi connectivity index (χ4n) is 1.33. The second-order valence-corrected chi connectivity index (χ2v) is 4.61. The Labute approximate surface area is 105 Å². The van der Waals surface area contributed by atoms with Gasteiger partial charge < -0.3 is 4.74 Å². The molecule has 0 bridgehead atoms. The lowest BCUT2D eigenvalue weighted by atomic mass is 10.1. The molecule has 0 aliphatic heterocycles. The fourth-order valence-corrected chi connectivity index (χ4v) is 1.93. The van der Waals surface area contributed by atoms with Crippen LogP contribution >= 0.6 is 15.9 Å². The van der Waals surface area contributed by atoms with E-state index < -0.39 is 23.2 Å². The summed E-state index contributed by atoms with van der Waals surface area (Å²) < 4.78 is 54.4. The third-order valence-corrected chi connectivity index (χ3v) is 3.18. The minimum Gasteiger partial charge on any atom is -0.497 e. The Morgan fingerprint density at radius 2 is 2.00 bits per heavy atom. The van der Waals surface area contributed by atoms with Crippen LogP contribution in [0.3, 0.4) is 0 Å². The molecule has 0 aliphatic rings. The van der Waals surface area contributed by atoms with Gasteiger partial charge >= 0.3 is 6.18 Å². The molecule has 1 unspecified atom stereocenters. The van der Waals surface area contributed by atoms with Crippen molar-refractivity contribution in [2.24, 2.45) is 0 Å². The highest BCUT2D eigenvalue weighted by atomic mass is 79.9. The van der Waals surface area contributed by atoms with Gasteiger partial charge in [-0.05, 0) is 12.5 Å². The summed E-state index contributed by atoms with van der Waals surface area (Å²) >= 11 is 3.06. The number of halogens is 5. The van der Waals surface area contributed by atoms with Crippen LogP contribution in [0.15, 0.2) is 18.2 Å². The van der Waals surface area contributed by atoms with Crippen LogP contribution in [0.1, 0.15) is 23.2 Å². The first-order chi connectivity index (χ1) is 7.83. The Bertz CT molecular complexity index is 378. The van der Waals surface area contributed by atoms with Gasteiger partial charge in [-0.3, -0.25) is 0 Å². The molecule has 1 aromatic rings. The highest BCUT2D eigenvalue weighted by Gasteiger charge is 2.28. The van der Waals surface area contributed by atoms with E-state index in [0.29, 0.717) is 5.75 Å². The van der Waals surface area contributed by atoms with E-state index in [0.717, 1.165) is 6.07 Å².